The second kappa shape index (κ2) is 7.31. The summed E-state index contributed by atoms with van der Waals surface area (Å²) in [5.74, 6) is 0.680. The van der Waals surface area contributed by atoms with Gasteiger partial charge in [-0.25, -0.2) is 4.79 Å². The third-order valence-corrected chi connectivity index (χ3v) is 3.90. The lowest BCUT2D eigenvalue weighted by atomic mass is 9.86. The quantitative estimate of drug-likeness (QED) is 0.876. The van der Waals surface area contributed by atoms with Crippen molar-refractivity contribution in [3.8, 4) is 5.75 Å². The first kappa shape index (κ1) is 15.6. The molecule has 2 rings (SSSR count). The van der Waals surface area contributed by atoms with Gasteiger partial charge >= 0.3 is 6.09 Å². The largest absolute Gasteiger partial charge is 0.495 e. The summed E-state index contributed by atoms with van der Waals surface area (Å²) in [6, 6.07) is 4.51. The number of hydrogen-bond acceptors (Lipinski definition) is 4. The average molecular weight is 292 g/mol. The van der Waals surface area contributed by atoms with Gasteiger partial charge in [0.15, 0.2) is 0 Å². The van der Waals surface area contributed by atoms with Crippen LogP contribution in [0, 0.1) is 0 Å². The third kappa shape index (κ3) is 3.67. The Morgan fingerprint density at radius 2 is 2.19 bits per heavy atom. The van der Waals surface area contributed by atoms with Gasteiger partial charge in [-0.1, -0.05) is 13.0 Å². The van der Waals surface area contributed by atoms with Crippen molar-refractivity contribution in [1.29, 1.82) is 0 Å². The highest BCUT2D eigenvalue weighted by Crippen LogP contribution is 2.35. The van der Waals surface area contributed by atoms with Crippen LogP contribution in [-0.2, 0) is 17.6 Å². The molecule has 2 N–H and O–H groups in total. The van der Waals surface area contributed by atoms with Crippen LogP contribution in [0.4, 0.5) is 10.5 Å². The van der Waals surface area contributed by atoms with Crippen LogP contribution in [0.1, 0.15) is 30.9 Å². The average Bonchev–Trinajstić information content (AvgIpc) is 2.52. The van der Waals surface area contributed by atoms with E-state index in [0.29, 0.717) is 11.8 Å². The van der Waals surface area contributed by atoms with Crippen molar-refractivity contribution in [2.45, 2.75) is 38.6 Å². The lowest BCUT2D eigenvalue weighted by Gasteiger charge is -2.28. The normalized spacial score (nSPS) is 17.0. The molecular weight excluding hydrogens is 268 g/mol. The van der Waals surface area contributed by atoms with E-state index in [9.17, 15) is 4.79 Å². The molecule has 1 amide bonds. The highest BCUT2D eigenvalue weighted by atomic mass is 16.5. The Kier molecular flexibility index (Phi) is 5.44. The van der Waals surface area contributed by atoms with Crippen molar-refractivity contribution in [3.05, 3.63) is 23.3 Å². The second-order valence-electron chi connectivity index (χ2n) is 5.29. The molecule has 5 heteroatoms. The number of ether oxygens (including phenoxy) is 2. The van der Waals surface area contributed by atoms with Gasteiger partial charge in [0.1, 0.15) is 5.75 Å². The number of carbonyl (C=O) groups excluding carboxylic acids is 1. The van der Waals surface area contributed by atoms with Gasteiger partial charge in [0.2, 0.25) is 0 Å². The lowest BCUT2D eigenvalue weighted by Crippen LogP contribution is -2.35. The molecule has 21 heavy (non-hydrogen) atoms. The van der Waals surface area contributed by atoms with Crippen molar-refractivity contribution >= 4 is 11.8 Å². The number of fused-ring (bicyclic) bond motifs is 1. The van der Waals surface area contributed by atoms with Gasteiger partial charge < -0.3 is 14.8 Å². The number of carbonyl (C=O) groups is 1. The zero-order valence-corrected chi connectivity index (χ0v) is 13.0. The van der Waals surface area contributed by atoms with Gasteiger partial charge in [-0.3, -0.25) is 5.32 Å². The second-order valence-corrected chi connectivity index (χ2v) is 5.29. The Balaban J connectivity index is 2.23. The topological polar surface area (TPSA) is 59.6 Å². The van der Waals surface area contributed by atoms with Crippen molar-refractivity contribution in [1.82, 2.24) is 5.32 Å². The Labute approximate surface area is 126 Å². The lowest BCUT2D eigenvalue weighted by molar-refractivity contribution is 0.186. The monoisotopic (exact) mass is 292 g/mol. The zero-order chi connectivity index (χ0) is 15.2. The summed E-state index contributed by atoms with van der Waals surface area (Å²) in [6.45, 7) is 3.22. The summed E-state index contributed by atoms with van der Waals surface area (Å²) < 4.78 is 10.1. The van der Waals surface area contributed by atoms with Crippen molar-refractivity contribution in [3.63, 3.8) is 0 Å². The highest BCUT2D eigenvalue weighted by molar-refractivity contribution is 5.88. The van der Waals surface area contributed by atoms with E-state index in [2.05, 4.69) is 23.6 Å². The van der Waals surface area contributed by atoms with Crippen LogP contribution >= 0.6 is 0 Å². The molecule has 1 aliphatic rings. The molecule has 0 aromatic heterocycles. The van der Waals surface area contributed by atoms with E-state index in [1.54, 1.807) is 7.11 Å². The number of amides is 1. The van der Waals surface area contributed by atoms with Crippen molar-refractivity contribution in [2.24, 2.45) is 0 Å². The SMILES string of the molecule is CCCNC1CCc2c(ccc(OC)c2NC(=O)OC)C1. The molecule has 0 fully saturated rings. The van der Waals surface area contributed by atoms with Crippen LogP contribution in [0.15, 0.2) is 12.1 Å². The molecular formula is C16H24N2O3. The van der Waals surface area contributed by atoms with E-state index in [0.717, 1.165) is 43.5 Å². The van der Waals surface area contributed by atoms with Gasteiger partial charge in [-0.2, -0.15) is 0 Å². The van der Waals surface area contributed by atoms with Gasteiger partial charge in [0.25, 0.3) is 0 Å². The molecule has 1 unspecified atom stereocenters. The van der Waals surface area contributed by atoms with Crippen LogP contribution in [0.2, 0.25) is 0 Å². The first-order chi connectivity index (χ1) is 10.2. The maximum atomic E-state index is 11.5. The van der Waals surface area contributed by atoms with Crippen LogP contribution < -0.4 is 15.4 Å². The molecule has 1 atom stereocenters. The first-order valence-corrected chi connectivity index (χ1v) is 7.46. The molecule has 5 nitrogen and oxygen atoms in total. The summed E-state index contributed by atoms with van der Waals surface area (Å²) in [4.78, 5) is 11.5. The minimum atomic E-state index is -0.465. The Hall–Kier alpha value is -1.75. The van der Waals surface area contributed by atoms with Crippen molar-refractivity contribution < 1.29 is 14.3 Å². The van der Waals surface area contributed by atoms with E-state index in [-0.39, 0.29) is 0 Å². The molecule has 0 radical (unpaired) electrons. The van der Waals surface area contributed by atoms with Gasteiger partial charge in [-0.05, 0) is 49.4 Å². The fourth-order valence-corrected chi connectivity index (χ4v) is 2.82. The molecule has 0 saturated heterocycles. The molecule has 0 saturated carbocycles. The Bertz CT molecular complexity index is 503. The zero-order valence-electron chi connectivity index (χ0n) is 13.0. The predicted octanol–water partition coefficient (Wildman–Crippen LogP) is 2.73. The molecule has 116 valence electrons. The van der Waals surface area contributed by atoms with Gasteiger partial charge in [-0.15, -0.1) is 0 Å². The van der Waals surface area contributed by atoms with Crippen LogP contribution in [-0.4, -0.2) is 32.9 Å². The minimum absolute atomic E-state index is 0.465. The van der Waals surface area contributed by atoms with E-state index in [1.807, 2.05) is 6.07 Å². The van der Waals surface area contributed by atoms with Gasteiger partial charge in [0.05, 0.1) is 19.9 Å². The fourth-order valence-electron chi connectivity index (χ4n) is 2.82. The highest BCUT2D eigenvalue weighted by Gasteiger charge is 2.23. The molecule has 0 heterocycles. The minimum Gasteiger partial charge on any atom is -0.495 e. The molecule has 1 aliphatic carbocycles. The summed E-state index contributed by atoms with van der Waals surface area (Å²) in [5.41, 5.74) is 3.17. The fraction of sp³-hybridized carbons (Fsp3) is 0.562. The maximum Gasteiger partial charge on any atom is 0.411 e. The number of hydrogen-bond donors (Lipinski definition) is 2. The molecule has 0 spiro atoms. The van der Waals surface area contributed by atoms with Gasteiger partial charge in [0, 0.05) is 6.04 Å². The summed E-state index contributed by atoms with van der Waals surface area (Å²) >= 11 is 0. The number of anilines is 1. The van der Waals surface area contributed by atoms with E-state index in [1.165, 1.54) is 12.7 Å². The van der Waals surface area contributed by atoms with E-state index >= 15 is 0 Å². The third-order valence-electron chi connectivity index (χ3n) is 3.90. The van der Waals surface area contributed by atoms with Crippen LogP contribution in [0.5, 0.6) is 5.75 Å². The number of rotatable bonds is 5. The maximum absolute atomic E-state index is 11.5. The van der Waals surface area contributed by atoms with E-state index < -0.39 is 6.09 Å². The molecule has 0 bridgehead atoms. The number of nitrogens with one attached hydrogen (secondary N) is 2. The van der Waals surface area contributed by atoms with Crippen LogP contribution in [0.3, 0.4) is 0 Å². The first-order valence-electron chi connectivity index (χ1n) is 7.46. The van der Waals surface area contributed by atoms with Crippen LogP contribution in [0.25, 0.3) is 0 Å². The molecule has 1 aromatic rings. The predicted molar refractivity (Wildman–Crippen MR) is 83.1 cm³/mol. The molecule has 0 aliphatic heterocycles. The van der Waals surface area contributed by atoms with Crippen molar-refractivity contribution in [2.75, 3.05) is 26.1 Å². The Morgan fingerprint density at radius 1 is 1.38 bits per heavy atom. The number of benzene rings is 1. The summed E-state index contributed by atoms with van der Waals surface area (Å²) in [5, 5.41) is 6.36. The van der Waals surface area contributed by atoms with E-state index in [4.69, 9.17) is 9.47 Å². The smallest absolute Gasteiger partial charge is 0.411 e. The number of methoxy groups -OCH3 is 2. The summed E-state index contributed by atoms with van der Waals surface area (Å²) in [6.07, 6.45) is 3.65. The summed E-state index contributed by atoms with van der Waals surface area (Å²) in [7, 11) is 2.97. The molecule has 1 aromatic carbocycles. The standard InChI is InChI=1S/C16H24N2O3/c1-4-9-17-12-6-7-13-11(10-12)5-8-14(20-2)15(13)18-16(19)21-3/h5,8,12,17H,4,6-7,9-10H2,1-3H3,(H,18,19). The Morgan fingerprint density at radius 3 is 2.86 bits per heavy atom.